The Morgan fingerprint density at radius 3 is 2.58 bits per heavy atom. The fourth-order valence-corrected chi connectivity index (χ4v) is 2.71. The highest BCUT2D eigenvalue weighted by Crippen LogP contribution is 2.28. The van der Waals surface area contributed by atoms with Crippen LogP contribution in [0.25, 0.3) is 0 Å². The molecule has 1 aromatic rings. The van der Waals surface area contributed by atoms with E-state index in [-0.39, 0.29) is 0 Å². The number of halogens is 2. The van der Waals surface area contributed by atoms with Crippen molar-refractivity contribution in [2.75, 3.05) is 6.61 Å². The van der Waals surface area contributed by atoms with Crippen LogP contribution in [0.1, 0.15) is 33.1 Å². The Morgan fingerprint density at radius 2 is 2.00 bits per heavy atom. The number of hydrogen-bond donors (Lipinski definition) is 1. The Morgan fingerprint density at radius 1 is 1.32 bits per heavy atom. The topological polar surface area (TPSA) is 46.5 Å². The van der Waals surface area contributed by atoms with Crippen molar-refractivity contribution in [2.24, 2.45) is 5.41 Å². The van der Waals surface area contributed by atoms with Crippen LogP contribution in [-0.2, 0) is 4.79 Å². The van der Waals surface area contributed by atoms with Gasteiger partial charge in [0, 0.05) is 4.47 Å². The van der Waals surface area contributed by atoms with E-state index in [1.165, 1.54) is 0 Å². The molecular formula is C14H18Br2O3. The van der Waals surface area contributed by atoms with Gasteiger partial charge in [0.2, 0.25) is 0 Å². The lowest BCUT2D eigenvalue weighted by atomic mass is 9.87. The number of carboxylic acids is 1. The molecule has 0 unspecified atom stereocenters. The number of unbranched alkanes of at least 4 members (excludes halogenated alkanes) is 1. The van der Waals surface area contributed by atoms with Crippen LogP contribution >= 0.6 is 31.9 Å². The van der Waals surface area contributed by atoms with Gasteiger partial charge in [0.1, 0.15) is 5.75 Å². The molecule has 1 aromatic carbocycles. The molecule has 0 saturated heterocycles. The molecule has 0 aliphatic heterocycles. The van der Waals surface area contributed by atoms with Crippen LogP contribution in [0.15, 0.2) is 27.1 Å². The summed E-state index contributed by atoms with van der Waals surface area (Å²) in [6.07, 6.45) is 2.35. The lowest BCUT2D eigenvalue weighted by Gasteiger charge is -2.18. The number of rotatable bonds is 7. The maximum atomic E-state index is 10.9. The van der Waals surface area contributed by atoms with Crippen LogP contribution in [0, 0.1) is 5.41 Å². The first-order chi connectivity index (χ1) is 8.83. The van der Waals surface area contributed by atoms with Crippen molar-refractivity contribution in [3.8, 4) is 5.75 Å². The van der Waals surface area contributed by atoms with Gasteiger partial charge in [-0.15, -0.1) is 0 Å². The van der Waals surface area contributed by atoms with Crippen molar-refractivity contribution in [3.05, 3.63) is 27.1 Å². The second kappa shape index (κ2) is 7.29. The summed E-state index contributed by atoms with van der Waals surface area (Å²) < 4.78 is 7.56. The van der Waals surface area contributed by atoms with Crippen molar-refractivity contribution >= 4 is 37.8 Å². The van der Waals surface area contributed by atoms with Crippen LogP contribution in [0.2, 0.25) is 0 Å². The summed E-state index contributed by atoms with van der Waals surface area (Å²) in [5, 5.41) is 9.00. The minimum atomic E-state index is -0.746. The number of aliphatic carboxylic acids is 1. The molecule has 0 aliphatic rings. The lowest BCUT2D eigenvalue weighted by molar-refractivity contribution is -0.147. The summed E-state index contributed by atoms with van der Waals surface area (Å²) in [5.41, 5.74) is -0.655. The van der Waals surface area contributed by atoms with Crippen LogP contribution in [0.3, 0.4) is 0 Å². The monoisotopic (exact) mass is 392 g/mol. The van der Waals surface area contributed by atoms with E-state index in [1.807, 2.05) is 18.2 Å². The van der Waals surface area contributed by atoms with Crippen LogP contribution in [0.5, 0.6) is 5.75 Å². The van der Waals surface area contributed by atoms with Gasteiger partial charge in [-0.1, -0.05) is 15.9 Å². The molecular weight excluding hydrogens is 376 g/mol. The third-order valence-electron chi connectivity index (χ3n) is 2.93. The molecule has 0 atom stereocenters. The van der Waals surface area contributed by atoms with Gasteiger partial charge in [0.05, 0.1) is 16.5 Å². The van der Waals surface area contributed by atoms with Crippen molar-refractivity contribution in [1.29, 1.82) is 0 Å². The molecule has 1 rings (SSSR count). The van der Waals surface area contributed by atoms with E-state index in [0.29, 0.717) is 13.0 Å². The van der Waals surface area contributed by atoms with Crippen LogP contribution in [-0.4, -0.2) is 17.7 Å². The summed E-state index contributed by atoms with van der Waals surface area (Å²) in [7, 11) is 0. The van der Waals surface area contributed by atoms with Gasteiger partial charge >= 0.3 is 5.97 Å². The average molecular weight is 394 g/mol. The second-order valence-corrected chi connectivity index (χ2v) is 6.84. The average Bonchev–Trinajstić information content (AvgIpc) is 2.31. The lowest BCUT2D eigenvalue weighted by Crippen LogP contribution is -2.23. The molecule has 0 heterocycles. The summed E-state index contributed by atoms with van der Waals surface area (Å²) in [4.78, 5) is 10.9. The fourth-order valence-electron chi connectivity index (χ4n) is 1.55. The highest BCUT2D eigenvalue weighted by Gasteiger charge is 2.25. The zero-order valence-electron chi connectivity index (χ0n) is 11.1. The Bertz CT molecular complexity index is 444. The molecule has 0 aromatic heterocycles. The molecule has 1 N–H and O–H groups in total. The molecule has 0 bridgehead atoms. The first-order valence-corrected chi connectivity index (χ1v) is 7.73. The van der Waals surface area contributed by atoms with Crippen molar-refractivity contribution in [1.82, 2.24) is 0 Å². The van der Waals surface area contributed by atoms with Gasteiger partial charge in [-0.05, 0) is 67.2 Å². The van der Waals surface area contributed by atoms with Gasteiger partial charge in [-0.25, -0.2) is 0 Å². The minimum Gasteiger partial charge on any atom is -0.492 e. The SMILES string of the molecule is CC(C)(CCCCOc1ccc(Br)cc1Br)C(=O)O. The summed E-state index contributed by atoms with van der Waals surface area (Å²) in [6.45, 7) is 4.10. The van der Waals surface area contributed by atoms with Gasteiger partial charge in [-0.3, -0.25) is 4.79 Å². The first kappa shape index (κ1) is 16.5. The molecule has 0 aliphatic carbocycles. The highest BCUT2D eigenvalue weighted by atomic mass is 79.9. The third kappa shape index (κ3) is 5.53. The maximum absolute atomic E-state index is 10.9. The van der Waals surface area contributed by atoms with Crippen molar-refractivity contribution < 1.29 is 14.6 Å². The predicted molar refractivity (Wildman–Crippen MR) is 82.6 cm³/mol. The van der Waals surface area contributed by atoms with Gasteiger partial charge in [-0.2, -0.15) is 0 Å². The van der Waals surface area contributed by atoms with E-state index < -0.39 is 11.4 Å². The van der Waals surface area contributed by atoms with Gasteiger partial charge in [0.25, 0.3) is 0 Å². The first-order valence-electron chi connectivity index (χ1n) is 6.14. The smallest absolute Gasteiger partial charge is 0.309 e. The van der Waals surface area contributed by atoms with Crippen molar-refractivity contribution in [2.45, 2.75) is 33.1 Å². The van der Waals surface area contributed by atoms with E-state index in [4.69, 9.17) is 9.84 Å². The standard InChI is InChI=1S/C14H18Br2O3/c1-14(2,13(17)18)7-3-4-8-19-12-6-5-10(15)9-11(12)16/h5-6,9H,3-4,7-8H2,1-2H3,(H,17,18). The minimum absolute atomic E-state index is 0.593. The highest BCUT2D eigenvalue weighted by molar-refractivity contribution is 9.11. The summed E-state index contributed by atoms with van der Waals surface area (Å²) in [5.74, 6) is 0.0600. The van der Waals surface area contributed by atoms with Crippen LogP contribution < -0.4 is 4.74 Å². The number of benzene rings is 1. The van der Waals surface area contributed by atoms with Gasteiger partial charge in [0.15, 0.2) is 0 Å². The molecule has 0 fully saturated rings. The molecule has 0 spiro atoms. The van der Waals surface area contributed by atoms with E-state index in [2.05, 4.69) is 31.9 Å². The second-order valence-electron chi connectivity index (χ2n) is 5.07. The fraction of sp³-hybridized carbons (Fsp3) is 0.500. The largest absolute Gasteiger partial charge is 0.492 e. The number of hydrogen-bond acceptors (Lipinski definition) is 2. The quantitative estimate of drug-likeness (QED) is 0.672. The van der Waals surface area contributed by atoms with E-state index in [9.17, 15) is 4.79 Å². The number of carbonyl (C=O) groups is 1. The summed E-state index contributed by atoms with van der Waals surface area (Å²) in [6, 6.07) is 5.76. The zero-order chi connectivity index (χ0) is 14.5. The van der Waals surface area contributed by atoms with E-state index in [1.54, 1.807) is 13.8 Å². The molecule has 0 saturated carbocycles. The number of ether oxygens (including phenoxy) is 1. The molecule has 19 heavy (non-hydrogen) atoms. The Kier molecular flexibility index (Phi) is 6.33. The Labute approximate surface area is 130 Å². The Balaban J connectivity index is 2.30. The van der Waals surface area contributed by atoms with E-state index in [0.717, 1.165) is 27.5 Å². The molecule has 0 amide bonds. The third-order valence-corrected chi connectivity index (χ3v) is 4.04. The summed E-state index contributed by atoms with van der Waals surface area (Å²) >= 11 is 6.82. The van der Waals surface area contributed by atoms with Crippen molar-refractivity contribution in [3.63, 3.8) is 0 Å². The van der Waals surface area contributed by atoms with Gasteiger partial charge < -0.3 is 9.84 Å². The van der Waals surface area contributed by atoms with E-state index >= 15 is 0 Å². The number of carboxylic acid groups (broad SMARTS) is 1. The molecule has 3 nitrogen and oxygen atoms in total. The zero-order valence-corrected chi connectivity index (χ0v) is 14.3. The Hall–Kier alpha value is -0.550. The van der Waals surface area contributed by atoms with Crippen LogP contribution in [0.4, 0.5) is 0 Å². The molecule has 106 valence electrons. The molecule has 5 heteroatoms. The molecule has 0 radical (unpaired) electrons. The predicted octanol–water partition coefficient (Wildman–Crippen LogP) is 4.87. The maximum Gasteiger partial charge on any atom is 0.309 e. The normalized spacial score (nSPS) is 11.4.